The van der Waals surface area contributed by atoms with Crippen LogP contribution in [0.2, 0.25) is 0 Å². The third-order valence-corrected chi connectivity index (χ3v) is 3.66. The average Bonchev–Trinajstić information content (AvgIpc) is 2.89. The highest BCUT2D eigenvalue weighted by Crippen LogP contribution is 2.44. The molecule has 1 saturated heterocycles. The second kappa shape index (κ2) is 3.70. The Morgan fingerprint density at radius 3 is 3.06 bits per heavy atom. The Kier molecular flexibility index (Phi) is 2.27. The highest BCUT2D eigenvalue weighted by atomic mass is 32.2. The monoisotopic (exact) mass is 265 g/mol. The SMILES string of the molecule is Cc1nc(/C=C2/C(=O)N3C(C(=O)O)=CS[C@@H]23)no1. The van der Waals surface area contributed by atoms with Crippen LogP contribution < -0.4 is 0 Å². The van der Waals surface area contributed by atoms with Crippen LogP contribution in [-0.2, 0) is 9.59 Å². The number of aromatic nitrogens is 2. The van der Waals surface area contributed by atoms with Crippen LogP contribution in [0.25, 0.3) is 6.08 Å². The Hall–Kier alpha value is -2.09. The van der Waals surface area contributed by atoms with E-state index in [-0.39, 0.29) is 17.0 Å². The van der Waals surface area contributed by atoms with E-state index in [0.717, 1.165) is 0 Å². The predicted molar refractivity (Wildman–Crippen MR) is 61.0 cm³/mol. The number of thioether (sulfide) groups is 1. The van der Waals surface area contributed by atoms with Crippen LogP contribution in [-0.4, -0.2) is 37.4 Å². The highest BCUT2D eigenvalue weighted by molar-refractivity contribution is 8.03. The van der Waals surface area contributed by atoms with Gasteiger partial charge in [0.25, 0.3) is 5.91 Å². The number of amides is 1. The first-order valence-corrected chi connectivity index (χ1v) is 5.96. The molecule has 0 saturated carbocycles. The molecule has 1 amide bonds. The Morgan fingerprint density at radius 2 is 2.44 bits per heavy atom. The number of nitrogens with zero attached hydrogens (tertiary/aromatic N) is 3. The lowest BCUT2D eigenvalue weighted by Crippen LogP contribution is -2.51. The summed E-state index contributed by atoms with van der Waals surface area (Å²) in [6.07, 6.45) is 1.52. The molecule has 7 nitrogen and oxygen atoms in total. The minimum Gasteiger partial charge on any atom is -0.477 e. The third-order valence-electron chi connectivity index (χ3n) is 2.58. The number of rotatable bonds is 2. The molecule has 8 heteroatoms. The van der Waals surface area contributed by atoms with Crippen LogP contribution in [0.1, 0.15) is 11.7 Å². The van der Waals surface area contributed by atoms with Crippen LogP contribution >= 0.6 is 11.8 Å². The van der Waals surface area contributed by atoms with Gasteiger partial charge in [-0.15, -0.1) is 11.8 Å². The van der Waals surface area contributed by atoms with E-state index >= 15 is 0 Å². The number of carboxylic acid groups (broad SMARTS) is 1. The number of carboxylic acids is 1. The van der Waals surface area contributed by atoms with Gasteiger partial charge in [-0.05, 0) is 6.08 Å². The fourth-order valence-electron chi connectivity index (χ4n) is 1.78. The van der Waals surface area contributed by atoms with Gasteiger partial charge in [-0.2, -0.15) is 4.98 Å². The van der Waals surface area contributed by atoms with Gasteiger partial charge in [-0.1, -0.05) is 5.16 Å². The van der Waals surface area contributed by atoms with Crippen molar-refractivity contribution in [3.8, 4) is 0 Å². The molecule has 92 valence electrons. The van der Waals surface area contributed by atoms with Crippen LogP contribution in [0.5, 0.6) is 0 Å². The van der Waals surface area contributed by atoms with E-state index in [2.05, 4.69) is 10.1 Å². The molecule has 0 unspecified atom stereocenters. The molecule has 1 fully saturated rings. The summed E-state index contributed by atoms with van der Waals surface area (Å²) in [5.74, 6) is -0.706. The molecule has 3 heterocycles. The molecule has 1 aromatic heterocycles. The Labute approximate surface area is 105 Å². The van der Waals surface area contributed by atoms with E-state index < -0.39 is 5.97 Å². The van der Waals surface area contributed by atoms with Gasteiger partial charge in [0.1, 0.15) is 11.1 Å². The zero-order valence-corrected chi connectivity index (χ0v) is 9.97. The molecule has 18 heavy (non-hydrogen) atoms. The normalized spacial score (nSPS) is 23.9. The molecule has 2 aliphatic rings. The fraction of sp³-hybridized carbons (Fsp3) is 0.200. The summed E-state index contributed by atoms with van der Waals surface area (Å²) in [6, 6.07) is 0. The molecule has 1 atom stereocenters. The highest BCUT2D eigenvalue weighted by Gasteiger charge is 2.49. The first-order chi connectivity index (χ1) is 8.58. The summed E-state index contributed by atoms with van der Waals surface area (Å²) in [5.41, 5.74) is 0.491. The van der Waals surface area contributed by atoms with Crippen LogP contribution in [0.4, 0.5) is 0 Å². The van der Waals surface area contributed by atoms with Crippen LogP contribution in [0.3, 0.4) is 0 Å². The van der Waals surface area contributed by atoms with Crippen molar-refractivity contribution in [2.45, 2.75) is 12.3 Å². The molecule has 0 aromatic carbocycles. The first kappa shape index (κ1) is 11.0. The molecule has 1 aromatic rings. The standard InChI is InChI=1S/C10H7N3O4S/c1-4-11-7(12-17-4)2-5-8(14)13-6(10(15)16)3-18-9(5)13/h2-3,9H,1H3,(H,15,16)/b5-2-/t9-/m0/s1. The minimum atomic E-state index is -1.10. The number of carbonyl (C=O) groups is 2. The summed E-state index contributed by atoms with van der Waals surface area (Å²) in [7, 11) is 0. The second-order valence-electron chi connectivity index (χ2n) is 3.74. The van der Waals surface area contributed by atoms with Crippen molar-refractivity contribution < 1.29 is 19.2 Å². The van der Waals surface area contributed by atoms with Crippen molar-refractivity contribution in [2.75, 3.05) is 0 Å². The average molecular weight is 265 g/mol. The van der Waals surface area contributed by atoms with Gasteiger partial charge in [0.15, 0.2) is 5.82 Å². The van der Waals surface area contributed by atoms with Crippen molar-refractivity contribution >= 4 is 29.7 Å². The molecule has 3 rings (SSSR count). The van der Waals surface area contributed by atoms with Crippen molar-refractivity contribution in [3.05, 3.63) is 28.4 Å². The van der Waals surface area contributed by atoms with E-state index in [9.17, 15) is 9.59 Å². The maximum absolute atomic E-state index is 11.8. The number of β-lactam (4-membered cyclic amide) rings is 1. The van der Waals surface area contributed by atoms with Gasteiger partial charge in [0.2, 0.25) is 5.89 Å². The van der Waals surface area contributed by atoms with Gasteiger partial charge >= 0.3 is 5.97 Å². The molecule has 0 radical (unpaired) electrons. The summed E-state index contributed by atoms with van der Waals surface area (Å²) in [4.78, 5) is 27.9. The van der Waals surface area contributed by atoms with Gasteiger partial charge in [-0.25, -0.2) is 4.79 Å². The second-order valence-corrected chi connectivity index (χ2v) is 4.70. The first-order valence-electron chi connectivity index (χ1n) is 5.02. The Balaban J connectivity index is 1.86. The largest absolute Gasteiger partial charge is 0.477 e. The molecule has 0 aliphatic carbocycles. The van der Waals surface area contributed by atoms with Crippen molar-refractivity contribution in [2.24, 2.45) is 0 Å². The lowest BCUT2D eigenvalue weighted by atomic mass is 10.0. The smallest absolute Gasteiger partial charge is 0.353 e. The van der Waals surface area contributed by atoms with Crippen LogP contribution in [0.15, 0.2) is 21.2 Å². The minimum absolute atomic E-state index is 0.0106. The predicted octanol–water partition coefficient (Wildman–Crippen LogP) is 0.603. The third kappa shape index (κ3) is 1.46. The van der Waals surface area contributed by atoms with Crippen molar-refractivity contribution in [3.63, 3.8) is 0 Å². The summed E-state index contributed by atoms with van der Waals surface area (Å²) >= 11 is 1.27. The Bertz CT molecular complexity index is 618. The number of hydrogen-bond donors (Lipinski definition) is 1. The van der Waals surface area contributed by atoms with Gasteiger partial charge < -0.3 is 9.63 Å². The fourth-order valence-corrected chi connectivity index (χ4v) is 2.90. The van der Waals surface area contributed by atoms with Gasteiger partial charge in [-0.3, -0.25) is 9.69 Å². The topological polar surface area (TPSA) is 96.5 Å². The molecule has 2 aliphatic heterocycles. The molecule has 0 bridgehead atoms. The van der Waals surface area contributed by atoms with Crippen molar-refractivity contribution in [1.82, 2.24) is 15.0 Å². The molecule has 0 spiro atoms. The van der Waals surface area contributed by atoms with E-state index in [4.69, 9.17) is 9.63 Å². The Morgan fingerprint density at radius 1 is 1.67 bits per heavy atom. The quantitative estimate of drug-likeness (QED) is 0.617. The number of carbonyl (C=O) groups excluding carboxylic acids is 1. The summed E-state index contributed by atoms with van der Waals surface area (Å²) in [6.45, 7) is 1.65. The lowest BCUT2D eigenvalue weighted by molar-refractivity contribution is -0.141. The number of hydrogen-bond acceptors (Lipinski definition) is 6. The maximum Gasteiger partial charge on any atom is 0.353 e. The van der Waals surface area contributed by atoms with E-state index in [1.165, 1.54) is 28.1 Å². The van der Waals surface area contributed by atoms with Crippen molar-refractivity contribution in [1.29, 1.82) is 0 Å². The maximum atomic E-state index is 11.8. The number of fused-ring (bicyclic) bond motifs is 1. The molecular weight excluding hydrogens is 258 g/mol. The van der Waals surface area contributed by atoms with Crippen LogP contribution in [0, 0.1) is 6.92 Å². The number of aliphatic carboxylic acids is 1. The zero-order valence-electron chi connectivity index (χ0n) is 9.15. The summed E-state index contributed by atoms with van der Waals surface area (Å²) < 4.78 is 4.80. The molecule has 1 N–H and O–H groups in total. The number of aryl methyl sites for hydroxylation is 1. The van der Waals surface area contributed by atoms with E-state index in [1.807, 2.05) is 0 Å². The molecular formula is C10H7N3O4S. The zero-order chi connectivity index (χ0) is 12.9. The van der Waals surface area contributed by atoms with E-state index in [0.29, 0.717) is 17.3 Å². The summed E-state index contributed by atoms with van der Waals surface area (Å²) in [5, 5.41) is 13.7. The van der Waals surface area contributed by atoms with Gasteiger partial charge in [0, 0.05) is 12.3 Å². The van der Waals surface area contributed by atoms with E-state index in [1.54, 1.807) is 6.92 Å². The van der Waals surface area contributed by atoms with Gasteiger partial charge in [0.05, 0.1) is 5.57 Å². The lowest BCUT2D eigenvalue weighted by Gasteiger charge is -2.36.